The number of sulfone groups is 1. The third-order valence-electron chi connectivity index (χ3n) is 4.17. The molecule has 0 saturated heterocycles. The number of benzene rings is 2. The Balaban J connectivity index is 2.14. The SMILES string of the molecule is CCOC(=O)C(N)=C(Br)C(=Nc1ccccc1Cl)c1nc(-c2cccc(S(C)(=O)=O)c2)no1. The van der Waals surface area contributed by atoms with E-state index in [0.717, 1.165) is 6.26 Å². The molecule has 172 valence electrons. The Labute approximate surface area is 203 Å². The second-order valence-electron chi connectivity index (χ2n) is 6.58. The molecule has 0 aliphatic heterocycles. The lowest BCUT2D eigenvalue weighted by molar-refractivity contribution is -0.138. The normalized spacial score (nSPS) is 12.9. The third-order valence-corrected chi connectivity index (χ3v) is 6.41. The van der Waals surface area contributed by atoms with Crippen LogP contribution in [-0.2, 0) is 19.4 Å². The first kappa shape index (κ1) is 24.6. The summed E-state index contributed by atoms with van der Waals surface area (Å²) in [5.41, 5.74) is 6.49. The largest absolute Gasteiger partial charge is 0.461 e. The van der Waals surface area contributed by atoms with Gasteiger partial charge in [-0.05, 0) is 47.1 Å². The fourth-order valence-corrected chi connectivity index (χ4v) is 3.85. The molecule has 0 unspecified atom stereocenters. The quantitative estimate of drug-likeness (QED) is 0.263. The number of ether oxygens (including phenoxy) is 1. The fourth-order valence-electron chi connectivity index (χ4n) is 2.58. The fraction of sp³-hybridized carbons (Fsp3) is 0.143. The summed E-state index contributed by atoms with van der Waals surface area (Å²) in [6.07, 6.45) is 1.10. The maximum Gasteiger partial charge on any atom is 0.355 e. The van der Waals surface area contributed by atoms with Crippen molar-refractivity contribution in [3.63, 3.8) is 0 Å². The Bertz CT molecular complexity index is 1370. The molecule has 12 heteroatoms. The predicted molar refractivity (Wildman–Crippen MR) is 127 cm³/mol. The molecule has 2 N–H and O–H groups in total. The van der Waals surface area contributed by atoms with E-state index in [1.54, 1.807) is 43.3 Å². The van der Waals surface area contributed by atoms with Crippen LogP contribution in [0.3, 0.4) is 0 Å². The summed E-state index contributed by atoms with van der Waals surface area (Å²) in [4.78, 5) is 21.0. The molecule has 9 nitrogen and oxygen atoms in total. The van der Waals surface area contributed by atoms with E-state index in [4.69, 9.17) is 26.6 Å². The van der Waals surface area contributed by atoms with Crippen molar-refractivity contribution >= 4 is 54.7 Å². The molecule has 3 rings (SSSR count). The van der Waals surface area contributed by atoms with Crippen LogP contribution in [0.4, 0.5) is 5.69 Å². The van der Waals surface area contributed by atoms with Crippen molar-refractivity contribution in [3.8, 4) is 11.4 Å². The summed E-state index contributed by atoms with van der Waals surface area (Å²) >= 11 is 9.50. The van der Waals surface area contributed by atoms with Crippen LogP contribution < -0.4 is 5.73 Å². The Kier molecular flexibility index (Phi) is 7.67. The first-order chi connectivity index (χ1) is 15.6. The number of allylic oxidation sites excluding steroid dienone is 1. The van der Waals surface area contributed by atoms with Gasteiger partial charge in [0.05, 0.1) is 26.7 Å². The topological polar surface area (TPSA) is 138 Å². The monoisotopic (exact) mass is 552 g/mol. The molecule has 0 atom stereocenters. The lowest BCUT2D eigenvalue weighted by Gasteiger charge is -2.07. The van der Waals surface area contributed by atoms with Crippen LogP contribution >= 0.6 is 27.5 Å². The van der Waals surface area contributed by atoms with Crippen molar-refractivity contribution in [1.29, 1.82) is 0 Å². The van der Waals surface area contributed by atoms with Crippen LogP contribution in [-0.4, -0.2) is 43.1 Å². The van der Waals surface area contributed by atoms with Gasteiger partial charge in [0, 0.05) is 11.8 Å². The van der Waals surface area contributed by atoms with Crippen molar-refractivity contribution in [3.05, 3.63) is 69.6 Å². The van der Waals surface area contributed by atoms with E-state index in [2.05, 4.69) is 31.1 Å². The Morgan fingerprint density at radius 2 is 1.97 bits per heavy atom. The first-order valence-corrected chi connectivity index (χ1v) is 12.5. The summed E-state index contributed by atoms with van der Waals surface area (Å²) in [7, 11) is -3.44. The highest BCUT2D eigenvalue weighted by Crippen LogP contribution is 2.29. The van der Waals surface area contributed by atoms with Crippen molar-refractivity contribution in [2.75, 3.05) is 12.9 Å². The first-order valence-electron chi connectivity index (χ1n) is 9.42. The molecule has 1 aromatic heterocycles. The molecule has 33 heavy (non-hydrogen) atoms. The molecule has 1 heterocycles. The molecule has 0 amide bonds. The van der Waals surface area contributed by atoms with Crippen LogP contribution in [0, 0.1) is 0 Å². The Morgan fingerprint density at radius 3 is 2.64 bits per heavy atom. The summed E-state index contributed by atoms with van der Waals surface area (Å²) in [5, 5.41) is 4.26. The van der Waals surface area contributed by atoms with Crippen molar-refractivity contribution in [1.82, 2.24) is 10.1 Å². The smallest absolute Gasteiger partial charge is 0.355 e. The number of carbonyl (C=O) groups is 1. The Morgan fingerprint density at radius 1 is 1.24 bits per heavy atom. The molecular formula is C21H18BrClN4O5S. The number of rotatable bonds is 7. The number of nitrogens with zero attached hydrogens (tertiary/aromatic N) is 3. The number of esters is 1. The highest BCUT2D eigenvalue weighted by molar-refractivity contribution is 9.12. The maximum atomic E-state index is 12.2. The zero-order valence-corrected chi connectivity index (χ0v) is 20.6. The lowest BCUT2D eigenvalue weighted by Crippen LogP contribution is -2.19. The minimum atomic E-state index is -3.44. The van der Waals surface area contributed by atoms with Gasteiger partial charge in [0.2, 0.25) is 5.82 Å². The summed E-state index contributed by atoms with van der Waals surface area (Å²) in [5.74, 6) is -0.747. The molecule has 0 bridgehead atoms. The van der Waals surface area contributed by atoms with Gasteiger partial charge >= 0.3 is 5.97 Å². The van der Waals surface area contributed by atoms with E-state index in [-0.39, 0.29) is 39.1 Å². The zero-order chi connectivity index (χ0) is 24.2. The molecule has 0 radical (unpaired) electrons. The summed E-state index contributed by atoms with van der Waals surface area (Å²) in [6, 6.07) is 12.8. The molecule has 0 spiro atoms. The zero-order valence-electron chi connectivity index (χ0n) is 17.5. The van der Waals surface area contributed by atoms with Gasteiger partial charge < -0.3 is 15.0 Å². The Hall–Kier alpha value is -3.02. The average molecular weight is 554 g/mol. The van der Waals surface area contributed by atoms with Gasteiger partial charge in [-0.3, -0.25) is 0 Å². The molecule has 0 aliphatic carbocycles. The van der Waals surface area contributed by atoms with Crippen LogP contribution in [0.2, 0.25) is 5.02 Å². The van der Waals surface area contributed by atoms with Crippen LogP contribution in [0.5, 0.6) is 0 Å². The highest BCUT2D eigenvalue weighted by atomic mass is 79.9. The third kappa shape index (κ3) is 5.86. The van der Waals surface area contributed by atoms with Crippen LogP contribution in [0.15, 0.2) is 73.1 Å². The minimum absolute atomic E-state index is 0.0340. The van der Waals surface area contributed by atoms with Gasteiger partial charge in [0.25, 0.3) is 5.89 Å². The number of hydrogen-bond acceptors (Lipinski definition) is 9. The molecule has 0 saturated carbocycles. The van der Waals surface area contributed by atoms with Gasteiger partial charge in [-0.25, -0.2) is 18.2 Å². The second kappa shape index (κ2) is 10.3. The summed E-state index contributed by atoms with van der Waals surface area (Å²) < 4.78 is 34.1. The number of aliphatic imine (C=N–C) groups is 1. The van der Waals surface area contributed by atoms with Crippen molar-refractivity contribution in [2.24, 2.45) is 10.7 Å². The van der Waals surface area contributed by atoms with Gasteiger partial charge in [0.1, 0.15) is 11.4 Å². The number of nitrogens with two attached hydrogens (primary N) is 1. The number of carbonyl (C=O) groups excluding carboxylic acids is 1. The molecular weight excluding hydrogens is 536 g/mol. The maximum absolute atomic E-state index is 12.2. The number of para-hydroxylation sites is 1. The highest BCUT2D eigenvalue weighted by Gasteiger charge is 2.23. The number of halogens is 2. The molecule has 2 aromatic carbocycles. The van der Waals surface area contributed by atoms with Gasteiger partial charge in [-0.2, -0.15) is 4.98 Å². The van der Waals surface area contributed by atoms with Crippen molar-refractivity contribution in [2.45, 2.75) is 11.8 Å². The number of aromatic nitrogens is 2. The molecule has 0 aliphatic rings. The molecule has 3 aromatic rings. The van der Waals surface area contributed by atoms with E-state index in [0.29, 0.717) is 16.3 Å². The van der Waals surface area contributed by atoms with Gasteiger partial charge in [-0.1, -0.05) is 41.0 Å². The standard InChI is InChI=1S/C21H18BrClN4O5S/c1-3-31-21(28)17(24)16(22)18(25-15-10-5-4-9-14(15)23)20-26-19(27-32-20)12-7-6-8-13(11-12)33(2,29)30/h4-11H,3,24H2,1-2H3. The van der Waals surface area contributed by atoms with Gasteiger partial charge in [0.15, 0.2) is 9.84 Å². The molecule has 0 fully saturated rings. The van der Waals surface area contributed by atoms with E-state index < -0.39 is 15.8 Å². The lowest BCUT2D eigenvalue weighted by atomic mass is 10.2. The van der Waals surface area contributed by atoms with Crippen molar-refractivity contribution < 1.29 is 22.5 Å². The van der Waals surface area contributed by atoms with E-state index in [9.17, 15) is 13.2 Å². The van der Waals surface area contributed by atoms with E-state index >= 15 is 0 Å². The van der Waals surface area contributed by atoms with E-state index in [1.807, 2.05) is 0 Å². The predicted octanol–water partition coefficient (Wildman–Crippen LogP) is 4.04. The van der Waals surface area contributed by atoms with Crippen LogP contribution in [0.25, 0.3) is 11.4 Å². The average Bonchev–Trinajstić information content (AvgIpc) is 3.27. The second-order valence-corrected chi connectivity index (χ2v) is 9.80. The van der Waals surface area contributed by atoms with Gasteiger partial charge in [-0.15, -0.1) is 0 Å². The minimum Gasteiger partial charge on any atom is -0.461 e. The summed E-state index contributed by atoms with van der Waals surface area (Å²) in [6.45, 7) is 1.77. The van der Waals surface area contributed by atoms with E-state index in [1.165, 1.54) is 12.1 Å². The van der Waals surface area contributed by atoms with Crippen LogP contribution in [0.1, 0.15) is 12.8 Å². The number of hydrogen-bond donors (Lipinski definition) is 1.